The molecule has 1 amide bonds. The van der Waals surface area contributed by atoms with E-state index in [2.05, 4.69) is 10.3 Å². The van der Waals surface area contributed by atoms with Crippen molar-refractivity contribution >= 4 is 17.3 Å². The molecule has 92 valence electrons. The van der Waals surface area contributed by atoms with Gasteiger partial charge in [-0.25, -0.2) is 0 Å². The first-order valence-corrected chi connectivity index (χ1v) is 5.31. The topological polar surface area (TPSA) is 90.0 Å². The summed E-state index contributed by atoms with van der Waals surface area (Å²) < 4.78 is 1.28. The van der Waals surface area contributed by atoms with Gasteiger partial charge in [-0.05, 0) is 24.3 Å². The number of carbonyl (C=O) groups excluding carboxylic acids is 1. The van der Waals surface area contributed by atoms with Crippen molar-refractivity contribution in [2.24, 2.45) is 0 Å². The van der Waals surface area contributed by atoms with Crippen molar-refractivity contribution in [1.82, 2.24) is 9.55 Å². The van der Waals surface area contributed by atoms with Crippen molar-refractivity contribution in [3.05, 3.63) is 53.2 Å². The van der Waals surface area contributed by atoms with Crippen LogP contribution in [0.15, 0.2) is 47.7 Å². The summed E-state index contributed by atoms with van der Waals surface area (Å²) in [5, 5.41) is 2.67. The molecule has 0 radical (unpaired) electrons. The lowest BCUT2D eigenvalue weighted by molar-refractivity contribution is -0.116. The van der Waals surface area contributed by atoms with E-state index in [1.54, 1.807) is 24.3 Å². The summed E-state index contributed by atoms with van der Waals surface area (Å²) in [5.41, 5.74) is 6.48. The minimum Gasteiger partial charge on any atom is -0.399 e. The normalized spacial score (nSPS) is 10.0. The van der Waals surface area contributed by atoms with Crippen LogP contribution in [0.1, 0.15) is 0 Å². The summed E-state index contributed by atoms with van der Waals surface area (Å²) in [5.74, 6) is -0.284. The number of nitrogens with zero attached hydrogens (tertiary/aromatic N) is 2. The third kappa shape index (κ3) is 2.94. The zero-order chi connectivity index (χ0) is 13.0. The maximum atomic E-state index is 11.7. The van der Waals surface area contributed by atoms with Crippen molar-refractivity contribution in [2.75, 3.05) is 11.1 Å². The van der Waals surface area contributed by atoms with Crippen LogP contribution in [0, 0.1) is 0 Å². The second-order valence-corrected chi connectivity index (χ2v) is 3.71. The Morgan fingerprint density at radius 1 is 1.33 bits per heavy atom. The maximum absolute atomic E-state index is 11.7. The second-order valence-electron chi connectivity index (χ2n) is 3.71. The molecule has 0 unspecified atom stereocenters. The van der Waals surface area contributed by atoms with Gasteiger partial charge in [0.15, 0.2) is 0 Å². The standard InChI is InChI=1S/C12H12N4O2/c13-9-1-3-10(4-2-9)15-11(17)8-16-6-5-14-7-12(16)18/h1-7H,8,13H2,(H,15,17). The fourth-order valence-electron chi connectivity index (χ4n) is 1.43. The molecule has 3 N–H and O–H groups in total. The third-order valence-electron chi connectivity index (χ3n) is 2.31. The monoisotopic (exact) mass is 244 g/mol. The van der Waals surface area contributed by atoms with Crippen LogP contribution in [0.2, 0.25) is 0 Å². The molecule has 0 fully saturated rings. The van der Waals surface area contributed by atoms with Gasteiger partial charge in [0, 0.05) is 23.8 Å². The van der Waals surface area contributed by atoms with E-state index in [4.69, 9.17) is 5.73 Å². The summed E-state index contributed by atoms with van der Waals surface area (Å²) in [6.45, 7) is -0.0499. The van der Waals surface area contributed by atoms with Crippen molar-refractivity contribution in [3.8, 4) is 0 Å². The Morgan fingerprint density at radius 2 is 2.06 bits per heavy atom. The molecule has 0 aliphatic carbocycles. The first-order valence-electron chi connectivity index (χ1n) is 5.31. The molecule has 0 bridgehead atoms. The van der Waals surface area contributed by atoms with E-state index in [0.29, 0.717) is 11.4 Å². The van der Waals surface area contributed by atoms with E-state index in [-0.39, 0.29) is 18.0 Å². The summed E-state index contributed by atoms with van der Waals surface area (Å²) >= 11 is 0. The molecule has 2 rings (SSSR count). The Morgan fingerprint density at radius 3 is 2.72 bits per heavy atom. The molecule has 2 aromatic rings. The first-order chi connectivity index (χ1) is 8.65. The molecule has 6 nitrogen and oxygen atoms in total. The predicted molar refractivity (Wildman–Crippen MR) is 68.0 cm³/mol. The average molecular weight is 244 g/mol. The number of carbonyl (C=O) groups is 1. The lowest BCUT2D eigenvalue weighted by Crippen LogP contribution is -2.26. The van der Waals surface area contributed by atoms with Crippen molar-refractivity contribution in [3.63, 3.8) is 0 Å². The Balaban J connectivity index is 2.03. The second kappa shape index (κ2) is 5.13. The molecule has 0 spiro atoms. The molecule has 0 atom stereocenters. The van der Waals surface area contributed by atoms with Crippen LogP contribution in [0.3, 0.4) is 0 Å². The first kappa shape index (κ1) is 11.8. The highest BCUT2D eigenvalue weighted by Gasteiger charge is 2.04. The van der Waals surface area contributed by atoms with Crippen LogP contribution in [-0.4, -0.2) is 15.5 Å². The number of anilines is 2. The third-order valence-corrected chi connectivity index (χ3v) is 2.31. The summed E-state index contributed by atoms with van der Waals surface area (Å²) in [6.07, 6.45) is 4.08. The van der Waals surface area contributed by atoms with Gasteiger partial charge >= 0.3 is 0 Å². The zero-order valence-corrected chi connectivity index (χ0v) is 9.54. The van der Waals surface area contributed by atoms with E-state index in [0.717, 1.165) is 6.20 Å². The fraction of sp³-hybridized carbons (Fsp3) is 0.0833. The van der Waals surface area contributed by atoms with Gasteiger partial charge in [-0.3, -0.25) is 14.6 Å². The molecule has 1 aromatic carbocycles. The average Bonchev–Trinajstić information content (AvgIpc) is 2.35. The van der Waals surface area contributed by atoms with Crippen molar-refractivity contribution in [2.45, 2.75) is 6.54 Å². The fourth-order valence-corrected chi connectivity index (χ4v) is 1.43. The minimum atomic E-state index is -0.315. The number of hydrogen-bond donors (Lipinski definition) is 2. The quantitative estimate of drug-likeness (QED) is 0.768. The largest absolute Gasteiger partial charge is 0.399 e. The van der Waals surface area contributed by atoms with E-state index < -0.39 is 0 Å². The van der Waals surface area contributed by atoms with Crippen molar-refractivity contribution < 1.29 is 4.79 Å². The summed E-state index contributed by atoms with van der Waals surface area (Å²) in [7, 11) is 0. The van der Waals surface area contributed by atoms with Gasteiger partial charge in [-0.15, -0.1) is 0 Å². The maximum Gasteiger partial charge on any atom is 0.269 e. The number of rotatable bonds is 3. The predicted octanol–water partition coefficient (Wildman–Crippen LogP) is 0.464. The molecule has 0 saturated carbocycles. The van der Waals surface area contributed by atoms with Gasteiger partial charge in [0.1, 0.15) is 6.54 Å². The highest BCUT2D eigenvalue weighted by molar-refractivity contribution is 5.90. The Bertz CT molecular complexity index is 604. The number of nitrogens with one attached hydrogen (secondary N) is 1. The number of benzene rings is 1. The van der Waals surface area contributed by atoms with E-state index in [9.17, 15) is 9.59 Å². The Labute approximate surface area is 103 Å². The van der Waals surface area contributed by atoms with Crippen molar-refractivity contribution in [1.29, 1.82) is 0 Å². The summed E-state index contributed by atoms with van der Waals surface area (Å²) in [4.78, 5) is 26.7. The number of hydrogen-bond acceptors (Lipinski definition) is 4. The number of nitrogen functional groups attached to an aromatic ring is 1. The lowest BCUT2D eigenvalue weighted by atomic mass is 10.3. The molecular weight excluding hydrogens is 232 g/mol. The highest BCUT2D eigenvalue weighted by Crippen LogP contribution is 2.10. The van der Waals surface area contributed by atoms with Crippen LogP contribution >= 0.6 is 0 Å². The van der Waals surface area contributed by atoms with Crippen LogP contribution < -0.4 is 16.6 Å². The van der Waals surface area contributed by atoms with Gasteiger partial charge in [-0.1, -0.05) is 0 Å². The molecule has 0 aliphatic heterocycles. The van der Waals surface area contributed by atoms with E-state index in [1.807, 2.05) is 0 Å². The number of amides is 1. The van der Waals surface area contributed by atoms with Crippen LogP contribution in [0.25, 0.3) is 0 Å². The molecular formula is C12H12N4O2. The number of aromatic nitrogens is 2. The minimum absolute atomic E-state index is 0.0499. The molecule has 0 saturated heterocycles. The number of nitrogens with two attached hydrogens (primary N) is 1. The van der Waals surface area contributed by atoms with E-state index in [1.165, 1.54) is 17.0 Å². The smallest absolute Gasteiger partial charge is 0.269 e. The van der Waals surface area contributed by atoms with Gasteiger partial charge in [0.05, 0.1) is 6.20 Å². The molecule has 0 aliphatic rings. The van der Waals surface area contributed by atoms with Crippen LogP contribution in [-0.2, 0) is 11.3 Å². The van der Waals surface area contributed by atoms with Crippen LogP contribution in [0.5, 0.6) is 0 Å². The Kier molecular flexibility index (Phi) is 3.38. The molecule has 6 heteroatoms. The van der Waals surface area contributed by atoms with E-state index >= 15 is 0 Å². The SMILES string of the molecule is Nc1ccc(NC(=O)Cn2ccncc2=O)cc1. The highest BCUT2D eigenvalue weighted by atomic mass is 16.2. The molecule has 1 aromatic heterocycles. The van der Waals surface area contributed by atoms with Gasteiger partial charge < -0.3 is 15.6 Å². The van der Waals surface area contributed by atoms with Gasteiger partial charge in [-0.2, -0.15) is 0 Å². The lowest BCUT2D eigenvalue weighted by Gasteiger charge is -2.06. The van der Waals surface area contributed by atoms with Gasteiger partial charge in [0.2, 0.25) is 5.91 Å². The van der Waals surface area contributed by atoms with Gasteiger partial charge in [0.25, 0.3) is 5.56 Å². The molecule has 18 heavy (non-hydrogen) atoms. The summed E-state index contributed by atoms with van der Waals surface area (Å²) in [6, 6.07) is 6.77. The van der Waals surface area contributed by atoms with Crippen LogP contribution in [0.4, 0.5) is 11.4 Å². The Hall–Kier alpha value is -2.63. The molecule has 1 heterocycles. The zero-order valence-electron chi connectivity index (χ0n) is 9.54.